The molecule has 0 spiro atoms. The van der Waals surface area contributed by atoms with E-state index in [9.17, 15) is 0 Å². The summed E-state index contributed by atoms with van der Waals surface area (Å²) in [6.07, 6.45) is 5.23. The van der Waals surface area contributed by atoms with Gasteiger partial charge in [-0.3, -0.25) is 0 Å². The van der Waals surface area contributed by atoms with Gasteiger partial charge in [0.2, 0.25) is 0 Å². The van der Waals surface area contributed by atoms with E-state index in [-0.39, 0.29) is 0 Å². The Bertz CT molecular complexity index is 373. The van der Waals surface area contributed by atoms with E-state index in [2.05, 4.69) is 43.4 Å². The summed E-state index contributed by atoms with van der Waals surface area (Å²) in [7, 11) is 0. The Labute approximate surface area is 105 Å². The molecule has 0 bridgehead atoms. The first-order valence-electron chi connectivity index (χ1n) is 7.07. The molecule has 0 amide bonds. The van der Waals surface area contributed by atoms with Crippen LogP contribution in [0, 0.1) is 11.8 Å². The Hall–Kier alpha value is -0.820. The highest BCUT2D eigenvalue weighted by molar-refractivity contribution is 5.33. The Balaban J connectivity index is 1.62. The molecule has 2 aliphatic carbocycles. The van der Waals surface area contributed by atoms with Crippen molar-refractivity contribution >= 4 is 0 Å². The topological polar surface area (TPSA) is 12.0 Å². The maximum atomic E-state index is 3.90. The molecule has 1 N–H and O–H groups in total. The molecule has 3 rings (SSSR count). The molecule has 17 heavy (non-hydrogen) atoms. The largest absolute Gasteiger partial charge is 0.310 e. The van der Waals surface area contributed by atoms with Crippen LogP contribution in [0.1, 0.15) is 37.8 Å². The third kappa shape index (κ3) is 2.13. The van der Waals surface area contributed by atoms with Gasteiger partial charge >= 0.3 is 0 Å². The van der Waals surface area contributed by atoms with Crippen LogP contribution in [0.25, 0.3) is 0 Å². The number of benzene rings is 1. The smallest absolute Gasteiger partial charge is 0.0151 e. The summed E-state index contributed by atoms with van der Waals surface area (Å²) in [5.74, 6) is 1.75. The summed E-state index contributed by atoms with van der Waals surface area (Å²) < 4.78 is 0. The van der Waals surface area contributed by atoms with Crippen molar-refractivity contribution in [2.24, 2.45) is 11.8 Å². The maximum absolute atomic E-state index is 3.90. The van der Waals surface area contributed by atoms with E-state index in [1.54, 1.807) is 11.1 Å². The fourth-order valence-corrected chi connectivity index (χ4v) is 3.58. The first kappa shape index (κ1) is 11.3. The number of hydrogen-bond acceptors (Lipinski definition) is 1. The normalized spacial score (nSPS) is 32.9. The van der Waals surface area contributed by atoms with Gasteiger partial charge < -0.3 is 5.32 Å². The number of nitrogens with one attached hydrogen (secondary N) is 1. The predicted octanol–water partition coefficient (Wildman–Crippen LogP) is 3.18. The molecule has 1 heteroatoms. The highest BCUT2D eigenvalue weighted by Gasteiger charge is 2.32. The molecule has 0 aromatic heterocycles. The zero-order valence-electron chi connectivity index (χ0n) is 10.9. The Kier molecular flexibility index (Phi) is 2.96. The van der Waals surface area contributed by atoms with Gasteiger partial charge in [0.1, 0.15) is 0 Å². The lowest BCUT2D eigenvalue weighted by Crippen LogP contribution is -2.40. The van der Waals surface area contributed by atoms with E-state index in [4.69, 9.17) is 0 Å². The molecule has 92 valence electrons. The van der Waals surface area contributed by atoms with Gasteiger partial charge in [0.25, 0.3) is 0 Å². The van der Waals surface area contributed by atoms with Crippen molar-refractivity contribution in [1.82, 2.24) is 5.32 Å². The molecule has 0 heterocycles. The van der Waals surface area contributed by atoms with Crippen molar-refractivity contribution < 1.29 is 0 Å². The van der Waals surface area contributed by atoms with Gasteiger partial charge in [0.05, 0.1) is 0 Å². The van der Waals surface area contributed by atoms with Gasteiger partial charge in [0.15, 0.2) is 0 Å². The lowest BCUT2D eigenvalue weighted by Gasteiger charge is -2.23. The van der Waals surface area contributed by atoms with Crippen LogP contribution in [0.2, 0.25) is 0 Å². The van der Waals surface area contributed by atoms with Crippen molar-refractivity contribution in [3.8, 4) is 0 Å². The van der Waals surface area contributed by atoms with Crippen molar-refractivity contribution in [3.63, 3.8) is 0 Å². The standard InChI is InChI=1S/C16H23N/c1-11-7-8-16(12(11)2)17-15-9-13-5-3-4-6-14(13)10-15/h3-6,11-12,15-17H,7-10H2,1-2H3. The zero-order valence-corrected chi connectivity index (χ0v) is 10.9. The van der Waals surface area contributed by atoms with Gasteiger partial charge in [-0.1, -0.05) is 38.1 Å². The second kappa shape index (κ2) is 4.45. The molecule has 3 atom stereocenters. The summed E-state index contributed by atoms with van der Waals surface area (Å²) in [4.78, 5) is 0. The first-order chi connectivity index (χ1) is 8.24. The molecule has 1 fully saturated rings. The quantitative estimate of drug-likeness (QED) is 0.821. The molecule has 1 aromatic rings. The number of fused-ring (bicyclic) bond motifs is 1. The van der Waals surface area contributed by atoms with Crippen LogP contribution in [0.5, 0.6) is 0 Å². The Morgan fingerprint density at radius 2 is 1.65 bits per heavy atom. The van der Waals surface area contributed by atoms with Gasteiger partial charge in [-0.05, 0) is 48.6 Å². The minimum absolute atomic E-state index is 0.685. The van der Waals surface area contributed by atoms with Crippen LogP contribution in [0.3, 0.4) is 0 Å². The summed E-state index contributed by atoms with van der Waals surface area (Å²) in [6, 6.07) is 10.4. The molecule has 0 radical (unpaired) electrons. The average Bonchev–Trinajstić information content (AvgIpc) is 2.87. The molecular weight excluding hydrogens is 206 g/mol. The third-order valence-electron chi connectivity index (χ3n) is 4.97. The fourth-order valence-electron chi connectivity index (χ4n) is 3.58. The minimum atomic E-state index is 0.685. The van der Waals surface area contributed by atoms with Gasteiger partial charge in [-0.2, -0.15) is 0 Å². The van der Waals surface area contributed by atoms with E-state index in [0.29, 0.717) is 6.04 Å². The van der Waals surface area contributed by atoms with Crippen molar-refractivity contribution in [3.05, 3.63) is 35.4 Å². The van der Waals surface area contributed by atoms with Crippen molar-refractivity contribution in [1.29, 1.82) is 0 Å². The highest BCUT2D eigenvalue weighted by atomic mass is 15.0. The molecule has 1 nitrogen and oxygen atoms in total. The average molecular weight is 229 g/mol. The SMILES string of the molecule is CC1CCC(NC2Cc3ccccc3C2)C1C. The molecule has 0 aliphatic heterocycles. The van der Waals surface area contributed by atoms with E-state index in [1.165, 1.54) is 25.7 Å². The van der Waals surface area contributed by atoms with Crippen LogP contribution in [-0.2, 0) is 12.8 Å². The molecule has 2 aliphatic rings. The summed E-state index contributed by atoms with van der Waals surface area (Å²) >= 11 is 0. The van der Waals surface area contributed by atoms with Crippen LogP contribution in [0.4, 0.5) is 0 Å². The number of rotatable bonds is 2. The lowest BCUT2D eigenvalue weighted by molar-refractivity contribution is 0.340. The summed E-state index contributed by atoms with van der Waals surface area (Å²) in [6.45, 7) is 4.81. The molecule has 0 saturated heterocycles. The zero-order chi connectivity index (χ0) is 11.8. The van der Waals surface area contributed by atoms with E-state index in [0.717, 1.165) is 17.9 Å². The third-order valence-corrected chi connectivity index (χ3v) is 4.97. The van der Waals surface area contributed by atoms with Crippen LogP contribution >= 0.6 is 0 Å². The molecular formula is C16H23N. The summed E-state index contributed by atoms with van der Waals surface area (Å²) in [5.41, 5.74) is 3.12. The highest BCUT2D eigenvalue weighted by Crippen LogP contribution is 2.32. The fraction of sp³-hybridized carbons (Fsp3) is 0.625. The van der Waals surface area contributed by atoms with Gasteiger partial charge in [-0.15, -0.1) is 0 Å². The molecule has 3 unspecified atom stereocenters. The molecule has 1 saturated carbocycles. The van der Waals surface area contributed by atoms with E-state index >= 15 is 0 Å². The van der Waals surface area contributed by atoms with Crippen LogP contribution in [-0.4, -0.2) is 12.1 Å². The summed E-state index contributed by atoms with van der Waals surface area (Å²) in [5, 5.41) is 3.90. The Morgan fingerprint density at radius 1 is 1.00 bits per heavy atom. The van der Waals surface area contributed by atoms with E-state index in [1.807, 2.05) is 0 Å². The second-order valence-electron chi connectivity index (χ2n) is 6.06. The van der Waals surface area contributed by atoms with E-state index < -0.39 is 0 Å². The minimum Gasteiger partial charge on any atom is -0.310 e. The number of hydrogen-bond donors (Lipinski definition) is 1. The molecule has 1 aromatic carbocycles. The van der Waals surface area contributed by atoms with Crippen LogP contribution in [0.15, 0.2) is 24.3 Å². The van der Waals surface area contributed by atoms with Crippen molar-refractivity contribution in [2.45, 2.75) is 51.6 Å². The first-order valence-corrected chi connectivity index (χ1v) is 7.07. The van der Waals surface area contributed by atoms with Gasteiger partial charge in [0, 0.05) is 12.1 Å². The lowest BCUT2D eigenvalue weighted by atomic mass is 9.97. The monoisotopic (exact) mass is 229 g/mol. The van der Waals surface area contributed by atoms with Gasteiger partial charge in [-0.25, -0.2) is 0 Å². The maximum Gasteiger partial charge on any atom is 0.0151 e. The van der Waals surface area contributed by atoms with Crippen molar-refractivity contribution in [2.75, 3.05) is 0 Å². The predicted molar refractivity (Wildman–Crippen MR) is 72.1 cm³/mol. The Morgan fingerprint density at radius 3 is 2.18 bits per heavy atom. The van der Waals surface area contributed by atoms with Crippen LogP contribution < -0.4 is 5.32 Å². The second-order valence-corrected chi connectivity index (χ2v) is 6.06.